The molecular formula is C21H23N5O6S2. The lowest BCUT2D eigenvalue weighted by Gasteiger charge is -2.34. The third-order valence-electron chi connectivity index (χ3n) is 5.07. The Morgan fingerprint density at radius 3 is 2.47 bits per heavy atom. The first-order valence-electron chi connectivity index (χ1n) is 10.4. The molecule has 0 unspecified atom stereocenters. The molecule has 0 radical (unpaired) electrons. The molecule has 0 saturated carbocycles. The number of hydrogen-bond acceptors (Lipinski definition) is 10. The van der Waals surface area contributed by atoms with Crippen molar-refractivity contribution < 1.29 is 27.5 Å². The second-order valence-corrected chi connectivity index (χ2v) is 10.3. The van der Waals surface area contributed by atoms with Crippen molar-refractivity contribution in [3.63, 3.8) is 0 Å². The Morgan fingerprint density at radius 1 is 1.09 bits per heavy atom. The smallest absolute Gasteiger partial charge is 0.290 e. The molecule has 2 saturated heterocycles. The standard InChI is InChI=1S/C21H23N5O6S2/c1-31-11-12-32-18-14-15(13-17-19(27)24-21(28)33-17)22-20(23-18)25-7-9-26(10-8-25)34(29,30)16-5-3-2-4-6-16/h2-6,13-14H,7-12H2,1H3,(H,24,27,28)/b17-13-. The fraction of sp³-hybridized carbons (Fsp3) is 0.333. The van der Waals surface area contributed by atoms with E-state index in [2.05, 4.69) is 15.3 Å². The van der Waals surface area contributed by atoms with Crippen LogP contribution in [0.3, 0.4) is 0 Å². The Balaban J connectivity index is 1.54. The average molecular weight is 506 g/mol. The van der Waals surface area contributed by atoms with Crippen molar-refractivity contribution in [3.05, 3.63) is 47.0 Å². The summed E-state index contributed by atoms with van der Waals surface area (Å²) in [5.41, 5.74) is 0.393. The van der Waals surface area contributed by atoms with Crippen molar-refractivity contribution in [2.45, 2.75) is 4.90 Å². The number of benzene rings is 1. The van der Waals surface area contributed by atoms with Gasteiger partial charge >= 0.3 is 0 Å². The van der Waals surface area contributed by atoms with Gasteiger partial charge in [0.2, 0.25) is 21.9 Å². The second kappa shape index (κ2) is 10.5. The summed E-state index contributed by atoms with van der Waals surface area (Å²) in [5.74, 6) is 0.132. The summed E-state index contributed by atoms with van der Waals surface area (Å²) >= 11 is 0.792. The third kappa shape index (κ3) is 5.55. The minimum atomic E-state index is -3.59. The lowest BCUT2D eigenvalue weighted by Crippen LogP contribution is -2.49. The van der Waals surface area contributed by atoms with E-state index < -0.39 is 21.2 Å². The van der Waals surface area contributed by atoms with Crippen LogP contribution in [-0.4, -0.2) is 80.3 Å². The van der Waals surface area contributed by atoms with Gasteiger partial charge in [0.05, 0.1) is 22.1 Å². The zero-order valence-electron chi connectivity index (χ0n) is 18.3. The molecule has 180 valence electrons. The maximum atomic E-state index is 12.9. The second-order valence-electron chi connectivity index (χ2n) is 7.33. The summed E-state index contributed by atoms with van der Waals surface area (Å²) in [6.45, 7) is 1.89. The number of nitrogens with one attached hydrogen (secondary N) is 1. The normalized spacial score (nSPS) is 18.4. The van der Waals surface area contributed by atoms with Crippen molar-refractivity contribution in [2.24, 2.45) is 0 Å². The minimum Gasteiger partial charge on any atom is -0.475 e. The summed E-state index contributed by atoms with van der Waals surface area (Å²) in [5, 5.41) is 1.76. The number of thioether (sulfide) groups is 1. The lowest BCUT2D eigenvalue weighted by atomic mass is 10.3. The molecule has 34 heavy (non-hydrogen) atoms. The fourth-order valence-corrected chi connectivity index (χ4v) is 5.48. The van der Waals surface area contributed by atoms with Crippen LogP contribution >= 0.6 is 11.8 Å². The topological polar surface area (TPSA) is 131 Å². The number of hydrogen-bond donors (Lipinski definition) is 1. The zero-order chi connectivity index (χ0) is 24.1. The van der Waals surface area contributed by atoms with Gasteiger partial charge in [-0.1, -0.05) is 18.2 Å². The number of rotatable bonds is 8. The SMILES string of the molecule is COCCOc1cc(/C=C2\SC(=O)NC2=O)nc(N2CCN(S(=O)(=O)c3ccccc3)CC2)n1. The minimum absolute atomic E-state index is 0.219. The zero-order valence-corrected chi connectivity index (χ0v) is 20.0. The van der Waals surface area contributed by atoms with Gasteiger partial charge in [-0.3, -0.25) is 14.9 Å². The molecule has 2 aliphatic heterocycles. The highest BCUT2D eigenvalue weighted by atomic mass is 32.2. The van der Waals surface area contributed by atoms with Gasteiger partial charge < -0.3 is 14.4 Å². The van der Waals surface area contributed by atoms with Crippen LogP contribution < -0.4 is 15.0 Å². The quantitative estimate of drug-likeness (QED) is 0.414. The first-order valence-corrected chi connectivity index (χ1v) is 12.7. The van der Waals surface area contributed by atoms with Crippen molar-refractivity contribution in [1.82, 2.24) is 19.6 Å². The molecular weight excluding hydrogens is 482 g/mol. The van der Waals surface area contributed by atoms with Crippen molar-refractivity contribution in [1.29, 1.82) is 0 Å². The van der Waals surface area contributed by atoms with E-state index in [9.17, 15) is 18.0 Å². The molecule has 0 bridgehead atoms. The molecule has 4 rings (SSSR count). The number of ether oxygens (including phenoxy) is 2. The summed E-state index contributed by atoms with van der Waals surface area (Å²) < 4.78 is 37.9. The van der Waals surface area contributed by atoms with Gasteiger partial charge in [0, 0.05) is 39.4 Å². The average Bonchev–Trinajstić information content (AvgIpc) is 3.16. The van der Waals surface area contributed by atoms with Crippen LogP contribution in [0.25, 0.3) is 6.08 Å². The predicted octanol–water partition coefficient (Wildman–Crippen LogP) is 1.34. The molecule has 1 N–H and O–H groups in total. The molecule has 1 aromatic heterocycles. The van der Waals surface area contributed by atoms with E-state index >= 15 is 0 Å². The molecule has 2 amide bonds. The molecule has 0 spiro atoms. The number of aromatic nitrogens is 2. The van der Waals surface area contributed by atoms with Crippen LogP contribution in [0.5, 0.6) is 5.88 Å². The van der Waals surface area contributed by atoms with E-state index in [4.69, 9.17) is 9.47 Å². The van der Waals surface area contributed by atoms with Crippen molar-refractivity contribution in [3.8, 4) is 5.88 Å². The van der Waals surface area contributed by atoms with Crippen molar-refractivity contribution in [2.75, 3.05) is 51.4 Å². The van der Waals surface area contributed by atoms with Crippen LogP contribution in [0.2, 0.25) is 0 Å². The number of amides is 2. The Kier molecular flexibility index (Phi) is 7.46. The molecule has 2 aliphatic rings. The van der Waals surface area contributed by atoms with E-state index in [1.54, 1.807) is 43.5 Å². The number of nitrogens with zero attached hydrogens (tertiary/aromatic N) is 4. The first-order chi connectivity index (χ1) is 16.4. The van der Waals surface area contributed by atoms with Crippen LogP contribution in [-0.2, 0) is 19.6 Å². The Labute approximate surface area is 201 Å². The summed E-state index contributed by atoms with van der Waals surface area (Å²) in [7, 11) is -2.03. The number of anilines is 1. The Hall–Kier alpha value is -3.00. The van der Waals surface area contributed by atoms with E-state index in [1.807, 2.05) is 4.90 Å². The molecule has 0 atom stereocenters. The van der Waals surface area contributed by atoms with Crippen LogP contribution in [0.1, 0.15) is 5.69 Å². The summed E-state index contributed by atoms with van der Waals surface area (Å²) in [6.07, 6.45) is 1.50. The summed E-state index contributed by atoms with van der Waals surface area (Å²) in [4.78, 5) is 34.7. The fourth-order valence-electron chi connectivity index (χ4n) is 3.37. The highest BCUT2D eigenvalue weighted by Gasteiger charge is 2.30. The Morgan fingerprint density at radius 2 is 1.82 bits per heavy atom. The molecule has 2 fully saturated rings. The van der Waals surface area contributed by atoms with E-state index in [0.29, 0.717) is 31.3 Å². The number of methoxy groups -OCH3 is 1. The maximum Gasteiger partial charge on any atom is 0.290 e. The number of carbonyl (C=O) groups excluding carboxylic acids is 2. The van der Waals surface area contributed by atoms with Gasteiger partial charge in [-0.25, -0.2) is 13.4 Å². The molecule has 11 nitrogen and oxygen atoms in total. The predicted molar refractivity (Wildman–Crippen MR) is 126 cm³/mol. The lowest BCUT2D eigenvalue weighted by molar-refractivity contribution is -0.115. The van der Waals surface area contributed by atoms with Gasteiger partial charge in [-0.2, -0.15) is 9.29 Å². The number of carbonyl (C=O) groups is 2. The van der Waals surface area contributed by atoms with Gasteiger partial charge in [0.25, 0.3) is 11.1 Å². The van der Waals surface area contributed by atoms with E-state index in [-0.39, 0.29) is 35.4 Å². The van der Waals surface area contributed by atoms with Crippen LogP contribution in [0, 0.1) is 0 Å². The van der Waals surface area contributed by atoms with Crippen LogP contribution in [0.15, 0.2) is 46.2 Å². The molecule has 1 aromatic carbocycles. The number of piperazine rings is 1. The number of imide groups is 1. The molecule has 2 aromatic rings. The highest BCUT2D eigenvalue weighted by Crippen LogP contribution is 2.27. The highest BCUT2D eigenvalue weighted by molar-refractivity contribution is 8.18. The first kappa shape index (κ1) is 24.1. The maximum absolute atomic E-state index is 12.9. The summed E-state index contributed by atoms with van der Waals surface area (Å²) in [6, 6.07) is 9.88. The molecule has 0 aliphatic carbocycles. The van der Waals surface area contributed by atoms with Crippen molar-refractivity contribution >= 4 is 45.0 Å². The van der Waals surface area contributed by atoms with Gasteiger partial charge in [0.1, 0.15) is 6.61 Å². The third-order valence-corrected chi connectivity index (χ3v) is 7.80. The largest absolute Gasteiger partial charge is 0.475 e. The molecule has 3 heterocycles. The number of sulfonamides is 1. The van der Waals surface area contributed by atoms with E-state index in [0.717, 1.165) is 11.8 Å². The Bertz CT molecular complexity index is 1200. The van der Waals surface area contributed by atoms with E-state index in [1.165, 1.54) is 10.4 Å². The van der Waals surface area contributed by atoms with Gasteiger partial charge in [0.15, 0.2) is 0 Å². The van der Waals surface area contributed by atoms with Gasteiger partial charge in [-0.15, -0.1) is 0 Å². The molecule has 13 heteroatoms. The van der Waals surface area contributed by atoms with Gasteiger partial charge in [-0.05, 0) is 30.0 Å². The van der Waals surface area contributed by atoms with Crippen LogP contribution in [0.4, 0.5) is 10.7 Å². The monoisotopic (exact) mass is 505 g/mol.